The molecule has 2 N–H and O–H groups in total. The third kappa shape index (κ3) is 3.49. The van der Waals surface area contributed by atoms with Gasteiger partial charge in [0, 0.05) is 23.5 Å². The number of piperidine rings is 1. The molecule has 1 saturated heterocycles. The van der Waals surface area contributed by atoms with Crippen LogP contribution >= 0.6 is 0 Å². The van der Waals surface area contributed by atoms with Crippen molar-refractivity contribution in [2.75, 3.05) is 20.1 Å². The van der Waals surface area contributed by atoms with E-state index in [4.69, 9.17) is 0 Å². The summed E-state index contributed by atoms with van der Waals surface area (Å²) in [5, 5.41) is 11.1. The Bertz CT molecular complexity index is 946. The second-order valence-electron chi connectivity index (χ2n) is 6.79. The minimum absolute atomic E-state index is 0.184. The summed E-state index contributed by atoms with van der Waals surface area (Å²) < 4.78 is 0. The molecule has 3 aromatic rings. The van der Waals surface area contributed by atoms with Gasteiger partial charge in [0.25, 0.3) is 5.56 Å². The molecule has 1 aliphatic heterocycles. The molecule has 1 fully saturated rings. The van der Waals surface area contributed by atoms with E-state index in [1.54, 1.807) is 18.5 Å². The molecule has 1 aliphatic rings. The minimum Gasteiger partial charge on any atom is -0.317 e. The molecule has 7 nitrogen and oxygen atoms in total. The molecule has 4 rings (SSSR count). The maximum atomic E-state index is 11.7. The number of benzene rings is 1. The van der Waals surface area contributed by atoms with Crippen LogP contribution in [0.15, 0.2) is 41.6 Å². The van der Waals surface area contributed by atoms with Crippen LogP contribution in [0.2, 0.25) is 0 Å². The average Bonchev–Trinajstić information content (AvgIpc) is 2.69. The topological polar surface area (TPSA) is 86.8 Å². The van der Waals surface area contributed by atoms with Gasteiger partial charge in [-0.15, -0.1) is 0 Å². The third-order valence-corrected chi connectivity index (χ3v) is 5.01. The fourth-order valence-corrected chi connectivity index (χ4v) is 3.47. The number of aromatic nitrogens is 4. The summed E-state index contributed by atoms with van der Waals surface area (Å²) in [7, 11) is 2.15. The molecule has 2 aromatic heterocycles. The zero-order valence-corrected chi connectivity index (χ0v) is 14.8. The van der Waals surface area contributed by atoms with E-state index < -0.39 is 0 Å². The zero-order valence-electron chi connectivity index (χ0n) is 14.8. The lowest BCUT2D eigenvalue weighted by Gasteiger charge is -2.31. The molecular weight excluding hydrogens is 328 g/mol. The van der Waals surface area contributed by atoms with E-state index >= 15 is 0 Å². The highest BCUT2D eigenvalue weighted by Crippen LogP contribution is 2.20. The number of hydrogen-bond acceptors (Lipinski definition) is 6. The smallest absolute Gasteiger partial charge is 0.272 e. The van der Waals surface area contributed by atoms with E-state index in [2.05, 4.69) is 37.4 Å². The highest BCUT2D eigenvalue weighted by molar-refractivity contribution is 5.85. The van der Waals surface area contributed by atoms with Gasteiger partial charge >= 0.3 is 0 Å². The number of aromatic amines is 1. The molecule has 0 aliphatic carbocycles. The number of nitrogens with one attached hydrogen (secondary N) is 2. The molecule has 3 heterocycles. The predicted octanol–water partition coefficient (Wildman–Crippen LogP) is 1.56. The largest absolute Gasteiger partial charge is 0.317 e. The number of nitrogens with zero attached hydrogens (tertiary/aromatic N) is 4. The van der Waals surface area contributed by atoms with Gasteiger partial charge < -0.3 is 5.32 Å². The average molecular weight is 350 g/mol. The number of H-pyrrole nitrogens is 1. The van der Waals surface area contributed by atoms with Gasteiger partial charge in [-0.2, -0.15) is 5.10 Å². The van der Waals surface area contributed by atoms with Gasteiger partial charge in [0.2, 0.25) is 0 Å². The number of hydrogen-bond donors (Lipinski definition) is 2. The molecule has 0 unspecified atom stereocenters. The molecule has 26 heavy (non-hydrogen) atoms. The van der Waals surface area contributed by atoms with Crippen LogP contribution in [0.3, 0.4) is 0 Å². The highest BCUT2D eigenvalue weighted by atomic mass is 16.1. The fourth-order valence-electron chi connectivity index (χ4n) is 3.47. The van der Waals surface area contributed by atoms with Gasteiger partial charge in [-0.25, -0.2) is 5.10 Å². The molecule has 0 bridgehead atoms. The monoisotopic (exact) mass is 350 g/mol. The zero-order chi connectivity index (χ0) is 17.9. The number of rotatable bonds is 4. The molecule has 7 heteroatoms. The Morgan fingerprint density at radius 1 is 1.15 bits per heavy atom. The van der Waals surface area contributed by atoms with Crippen LogP contribution in [0.5, 0.6) is 0 Å². The van der Waals surface area contributed by atoms with Crippen molar-refractivity contribution in [1.29, 1.82) is 0 Å². The van der Waals surface area contributed by atoms with E-state index in [0.29, 0.717) is 11.4 Å². The Morgan fingerprint density at radius 2 is 2.00 bits per heavy atom. The van der Waals surface area contributed by atoms with E-state index in [-0.39, 0.29) is 5.56 Å². The normalized spacial score (nSPS) is 15.6. The van der Waals surface area contributed by atoms with Crippen LogP contribution in [-0.2, 0) is 6.54 Å². The van der Waals surface area contributed by atoms with Crippen molar-refractivity contribution in [2.24, 2.45) is 0 Å². The first-order valence-corrected chi connectivity index (χ1v) is 8.90. The second-order valence-corrected chi connectivity index (χ2v) is 6.79. The third-order valence-electron chi connectivity index (χ3n) is 5.01. The van der Waals surface area contributed by atoms with Crippen LogP contribution in [-0.4, -0.2) is 51.2 Å². The van der Waals surface area contributed by atoms with E-state index in [0.717, 1.165) is 42.0 Å². The highest BCUT2D eigenvalue weighted by Gasteiger charge is 2.18. The van der Waals surface area contributed by atoms with Gasteiger partial charge in [-0.3, -0.25) is 19.7 Å². The van der Waals surface area contributed by atoms with Gasteiger partial charge in [0.05, 0.1) is 35.4 Å². The summed E-state index contributed by atoms with van der Waals surface area (Å²) in [5.41, 5.74) is 2.50. The molecule has 0 spiro atoms. The molecule has 134 valence electrons. The molecular formula is C19H22N6O. The lowest BCUT2D eigenvalue weighted by atomic mass is 10.1. The van der Waals surface area contributed by atoms with Crippen molar-refractivity contribution in [2.45, 2.75) is 25.4 Å². The molecule has 0 amide bonds. The summed E-state index contributed by atoms with van der Waals surface area (Å²) in [6, 6.07) is 6.21. The van der Waals surface area contributed by atoms with Gasteiger partial charge in [-0.1, -0.05) is 6.07 Å². The first-order valence-electron chi connectivity index (χ1n) is 8.90. The Labute approximate surface area is 151 Å². The van der Waals surface area contributed by atoms with E-state index in [1.807, 2.05) is 18.3 Å². The van der Waals surface area contributed by atoms with Crippen molar-refractivity contribution >= 4 is 10.8 Å². The molecule has 0 saturated carbocycles. The van der Waals surface area contributed by atoms with Crippen LogP contribution in [0.4, 0.5) is 0 Å². The Kier molecular flexibility index (Phi) is 4.73. The van der Waals surface area contributed by atoms with Gasteiger partial charge in [0.1, 0.15) is 0 Å². The van der Waals surface area contributed by atoms with Crippen LogP contribution in [0.1, 0.15) is 18.5 Å². The van der Waals surface area contributed by atoms with Crippen LogP contribution < -0.4 is 10.9 Å². The van der Waals surface area contributed by atoms with Crippen molar-refractivity contribution in [3.8, 4) is 11.3 Å². The summed E-state index contributed by atoms with van der Waals surface area (Å²) in [6.45, 7) is 2.97. The number of fused-ring (bicyclic) bond motifs is 1. The van der Waals surface area contributed by atoms with Crippen molar-refractivity contribution < 1.29 is 0 Å². The summed E-state index contributed by atoms with van der Waals surface area (Å²) >= 11 is 0. The lowest BCUT2D eigenvalue weighted by Crippen LogP contribution is -2.40. The van der Waals surface area contributed by atoms with E-state index in [9.17, 15) is 4.79 Å². The SMILES string of the molecule is CN(Cc1cnc(-c2ccc3c(=O)[nH]ncc3c2)cn1)C1CCNCC1. The van der Waals surface area contributed by atoms with E-state index in [1.165, 1.54) is 12.8 Å². The quantitative estimate of drug-likeness (QED) is 0.743. The maximum absolute atomic E-state index is 11.7. The lowest BCUT2D eigenvalue weighted by molar-refractivity contribution is 0.189. The summed E-state index contributed by atoms with van der Waals surface area (Å²) in [4.78, 5) is 23.3. The summed E-state index contributed by atoms with van der Waals surface area (Å²) in [5.74, 6) is 0. The molecule has 1 aromatic carbocycles. The Balaban J connectivity index is 1.51. The molecule has 0 atom stereocenters. The fraction of sp³-hybridized carbons (Fsp3) is 0.368. The van der Waals surface area contributed by atoms with Gasteiger partial charge in [0.15, 0.2) is 0 Å². The van der Waals surface area contributed by atoms with Gasteiger partial charge in [-0.05, 0) is 45.1 Å². The first kappa shape index (κ1) is 16.8. The standard InChI is InChI=1S/C19H22N6O/c1-25(16-4-6-20-7-5-16)12-15-10-22-18(11-21-15)13-2-3-17-14(8-13)9-23-24-19(17)26/h2-3,8-11,16,20H,4-7,12H2,1H3,(H,24,26). The maximum Gasteiger partial charge on any atom is 0.272 e. The Hall–Kier alpha value is -2.64. The Morgan fingerprint density at radius 3 is 2.77 bits per heavy atom. The minimum atomic E-state index is -0.184. The van der Waals surface area contributed by atoms with Crippen LogP contribution in [0, 0.1) is 0 Å². The van der Waals surface area contributed by atoms with Crippen molar-refractivity contribution in [3.05, 3.63) is 52.8 Å². The van der Waals surface area contributed by atoms with Crippen molar-refractivity contribution in [1.82, 2.24) is 30.4 Å². The summed E-state index contributed by atoms with van der Waals surface area (Å²) in [6.07, 6.45) is 7.63. The first-order chi connectivity index (χ1) is 12.7. The second kappa shape index (κ2) is 7.31. The predicted molar refractivity (Wildman–Crippen MR) is 101 cm³/mol. The molecule has 0 radical (unpaired) electrons. The van der Waals surface area contributed by atoms with Crippen LogP contribution in [0.25, 0.3) is 22.0 Å². The van der Waals surface area contributed by atoms with Crippen molar-refractivity contribution in [3.63, 3.8) is 0 Å².